The minimum atomic E-state index is -0.494. The van der Waals surface area contributed by atoms with Crippen molar-refractivity contribution in [3.63, 3.8) is 0 Å². The SMILES string of the molecule is C=C(Cc1ccc(N2CCOCC2)nc1)N1CCN(c2c(F)cc(C)cc2F)CC1. The van der Waals surface area contributed by atoms with Crippen molar-refractivity contribution >= 4 is 11.5 Å². The lowest BCUT2D eigenvalue weighted by molar-refractivity contribution is 0.122. The van der Waals surface area contributed by atoms with Crippen LogP contribution in [0.5, 0.6) is 0 Å². The lowest BCUT2D eigenvalue weighted by Gasteiger charge is -2.38. The van der Waals surface area contributed by atoms with Gasteiger partial charge in [0.05, 0.1) is 13.2 Å². The fourth-order valence-electron chi connectivity index (χ4n) is 4.09. The number of anilines is 2. The van der Waals surface area contributed by atoms with E-state index in [9.17, 15) is 8.78 Å². The maximum Gasteiger partial charge on any atom is 0.149 e. The molecule has 3 heterocycles. The van der Waals surface area contributed by atoms with E-state index in [-0.39, 0.29) is 5.69 Å². The topological polar surface area (TPSA) is 31.8 Å². The van der Waals surface area contributed by atoms with Gasteiger partial charge in [-0.3, -0.25) is 0 Å². The van der Waals surface area contributed by atoms with Gasteiger partial charge < -0.3 is 19.4 Å². The Hall–Kier alpha value is -2.67. The summed E-state index contributed by atoms with van der Waals surface area (Å²) in [5, 5.41) is 0. The van der Waals surface area contributed by atoms with E-state index in [1.54, 1.807) is 11.8 Å². The monoisotopic (exact) mass is 414 g/mol. The molecule has 0 aliphatic carbocycles. The second-order valence-corrected chi connectivity index (χ2v) is 7.92. The lowest BCUT2D eigenvalue weighted by Crippen LogP contribution is -2.46. The summed E-state index contributed by atoms with van der Waals surface area (Å²) in [5.74, 6) is -0.0131. The van der Waals surface area contributed by atoms with Crippen LogP contribution in [0.3, 0.4) is 0 Å². The molecule has 4 rings (SSSR count). The predicted molar refractivity (Wildman–Crippen MR) is 115 cm³/mol. The third kappa shape index (κ3) is 4.56. The number of nitrogens with zero attached hydrogens (tertiary/aromatic N) is 4. The van der Waals surface area contributed by atoms with Crippen molar-refractivity contribution in [3.8, 4) is 0 Å². The Bertz CT molecular complexity index is 866. The van der Waals surface area contributed by atoms with E-state index < -0.39 is 11.6 Å². The summed E-state index contributed by atoms with van der Waals surface area (Å²) in [7, 11) is 0. The quantitative estimate of drug-likeness (QED) is 0.749. The van der Waals surface area contributed by atoms with Crippen LogP contribution in [-0.2, 0) is 11.2 Å². The largest absolute Gasteiger partial charge is 0.378 e. The van der Waals surface area contributed by atoms with Gasteiger partial charge >= 0.3 is 0 Å². The summed E-state index contributed by atoms with van der Waals surface area (Å²) < 4.78 is 33.9. The van der Waals surface area contributed by atoms with E-state index >= 15 is 0 Å². The molecule has 0 unspecified atom stereocenters. The summed E-state index contributed by atoms with van der Waals surface area (Å²) in [4.78, 5) is 10.8. The Kier molecular flexibility index (Phi) is 6.18. The predicted octanol–water partition coefficient (Wildman–Crippen LogP) is 3.38. The molecule has 0 bridgehead atoms. The third-order valence-electron chi connectivity index (χ3n) is 5.76. The maximum absolute atomic E-state index is 14.3. The Morgan fingerprint density at radius 3 is 2.27 bits per heavy atom. The highest BCUT2D eigenvalue weighted by Crippen LogP contribution is 2.27. The molecule has 2 aromatic rings. The first-order valence-electron chi connectivity index (χ1n) is 10.4. The van der Waals surface area contributed by atoms with Crippen molar-refractivity contribution in [1.82, 2.24) is 9.88 Å². The van der Waals surface area contributed by atoms with Gasteiger partial charge in [-0.05, 0) is 36.2 Å². The Morgan fingerprint density at radius 2 is 1.67 bits per heavy atom. The molecule has 0 spiro atoms. The highest BCUT2D eigenvalue weighted by Gasteiger charge is 2.23. The molecule has 2 saturated heterocycles. The van der Waals surface area contributed by atoms with E-state index in [0.717, 1.165) is 43.4 Å². The first-order valence-corrected chi connectivity index (χ1v) is 10.4. The zero-order valence-corrected chi connectivity index (χ0v) is 17.4. The van der Waals surface area contributed by atoms with Gasteiger partial charge in [-0.1, -0.05) is 12.6 Å². The van der Waals surface area contributed by atoms with Crippen LogP contribution >= 0.6 is 0 Å². The third-order valence-corrected chi connectivity index (χ3v) is 5.76. The lowest BCUT2D eigenvalue weighted by atomic mass is 10.1. The van der Waals surface area contributed by atoms with E-state index in [2.05, 4.69) is 33.5 Å². The van der Waals surface area contributed by atoms with Crippen molar-refractivity contribution in [2.45, 2.75) is 13.3 Å². The number of aryl methyl sites for hydroxylation is 1. The molecule has 0 saturated carbocycles. The van der Waals surface area contributed by atoms with Crippen LogP contribution in [0.15, 0.2) is 42.7 Å². The molecular formula is C23H28F2N4O. The van der Waals surface area contributed by atoms with Crippen molar-refractivity contribution < 1.29 is 13.5 Å². The summed E-state index contributed by atoms with van der Waals surface area (Å²) >= 11 is 0. The maximum atomic E-state index is 14.3. The number of halogens is 2. The summed E-state index contributed by atoms with van der Waals surface area (Å²) in [6.07, 6.45) is 2.62. The van der Waals surface area contributed by atoms with Crippen LogP contribution < -0.4 is 9.80 Å². The number of morpholine rings is 1. The minimum Gasteiger partial charge on any atom is -0.378 e. The minimum absolute atomic E-state index is 0.0776. The second kappa shape index (κ2) is 9.00. The van der Waals surface area contributed by atoms with Crippen molar-refractivity contribution in [2.75, 3.05) is 62.3 Å². The summed E-state index contributed by atoms with van der Waals surface area (Å²) in [5.41, 5.74) is 2.78. The van der Waals surface area contributed by atoms with Gasteiger partial charge in [0, 0.05) is 57.6 Å². The number of ether oxygens (including phenoxy) is 1. The standard InChI is InChI=1S/C23H28F2N4O/c1-17-13-20(24)23(21(25)14-17)29-7-5-27(6-8-29)18(2)15-19-3-4-22(26-16-19)28-9-11-30-12-10-28/h3-4,13-14,16H,2,5-12,15H2,1H3. The average molecular weight is 415 g/mol. The van der Waals surface area contributed by atoms with E-state index in [4.69, 9.17) is 4.74 Å². The molecule has 0 radical (unpaired) electrons. The van der Waals surface area contributed by atoms with Gasteiger partial charge in [0.25, 0.3) is 0 Å². The zero-order valence-electron chi connectivity index (χ0n) is 17.4. The Morgan fingerprint density at radius 1 is 1.00 bits per heavy atom. The highest BCUT2D eigenvalue weighted by molar-refractivity contribution is 5.51. The fraction of sp³-hybridized carbons (Fsp3) is 0.435. The summed E-state index contributed by atoms with van der Waals surface area (Å²) in [6, 6.07) is 6.92. The molecule has 7 heteroatoms. The Labute approximate surface area is 176 Å². The molecule has 2 aliphatic rings. The molecule has 0 amide bonds. The van der Waals surface area contributed by atoms with E-state index in [0.29, 0.717) is 38.2 Å². The van der Waals surface area contributed by atoms with Crippen molar-refractivity contribution in [1.29, 1.82) is 0 Å². The number of hydrogen-bond acceptors (Lipinski definition) is 5. The Balaban J connectivity index is 1.32. The van der Waals surface area contributed by atoms with Gasteiger partial charge in [-0.15, -0.1) is 0 Å². The summed E-state index contributed by atoms with van der Waals surface area (Å²) in [6.45, 7) is 11.6. The van der Waals surface area contributed by atoms with Crippen molar-refractivity contribution in [3.05, 3.63) is 65.5 Å². The normalized spacial score (nSPS) is 17.4. The van der Waals surface area contributed by atoms with Gasteiger partial charge in [0.1, 0.15) is 23.1 Å². The van der Waals surface area contributed by atoms with Crippen LogP contribution in [0.2, 0.25) is 0 Å². The molecule has 1 aromatic carbocycles. The number of benzene rings is 1. The van der Waals surface area contributed by atoms with E-state index in [1.807, 2.05) is 6.20 Å². The van der Waals surface area contributed by atoms with Crippen LogP contribution in [0.25, 0.3) is 0 Å². The molecule has 1 aromatic heterocycles. The number of pyridine rings is 1. The van der Waals surface area contributed by atoms with Gasteiger partial charge in [-0.25, -0.2) is 13.8 Å². The number of rotatable bonds is 5. The highest BCUT2D eigenvalue weighted by atomic mass is 19.1. The average Bonchev–Trinajstić information content (AvgIpc) is 2.75. The smallest absolute Gasteiger partial charge is 0.149 e. The zero-order chi connectivity index (χ0) is 21.1. The number of hydrogen-bond donors (Lipinski definition) is 0. The van der Waals surface area contributed by atoms with Crippen LogP contribution in [0, 0.1) is 18.6 Å². The molecule has 160 valence electrons. The van der Waals surface area contributed by atoms with Crippen molar-refractivity contribution in [2.24, 2.45) is 0 Å². The van der Waals surface area contributed by atoms with Gasteiger partial charge in [0.15, 0.2) is 0 Å². The fourth-order valence-corrected chi connectivity index (χ4v) is 4.09. The molecule has 2 fully saturated rings. The van der Waals surface area contributed by atoms with Gasteiger partial charge in [-0.2, -0.15) is 0 Å². The molecular weight excluding hydrogens is 386 g/mol. The van der Waals surface area contributed by atoms with Crippen LogP contribution in [-0.4, -0.2) is 62.4 Å². The van der Waals surface area contributed by atoms with Crippen LogP contribution in [0.4, 0.5) is 20.3 Å². The van der Waals surface area contributed by atoms with E-state index in [1.165, 1.54) is 12.1 Å². The molecule has 5 nitrogen and oxygen atoms in total. The van der Waals surface area contributed by atoms with Gasteiger partial charge in [0.2, 0.25) is 0 Å². The molecule has 0 N–H and O–H groups in total. The first-order chi connectivity index (χ1) is 14.5. The number of allylic oxidation sites excluding steroid dienone is 1. The molecule has 0 atom stereocenters. The first kappa shape index (κ1) is 20.6. The second-order valence-electron chi connectivity index (χ2n) is 7.92. The molecule has 30 heavy (non-hydrogen) atoms. The number of piperazine rings is 1. The number of aromatic nitrogens is 1. The van der Waals surface area contributed by atoms with Crippen LogP contribution in [0.1, 0.15) is 11.1 Å². The molecule has 2 aliphatic heterocycles.